The zero-order valence-electron chi connectivity index (χ0n) is 10.8. The highest BCUT2D eigenvalue weighted by Gasteiger charge is 2.06. The van der Waals surface area contributed by atoms with Gasteiger partial charge >= 0.3 is 0 Å². The van der Waals surface area contributed by atoms with Gasteiger partial charge in [0.15, 0.2) is 0 Å². The largest absolute Gasteiger partial charge is 0.384 e. The molecule has 17 heavy (non-hydrogen) atoms. The standard InChI is InChI=1S/C13H20N4/c1-4-15-6-5-7-16-13-8-10(2)17-11(3)12(13)9-14/h8,15H,4-7H2,1-3H3,(H,16,17). The Morgan fingerprint density at radius 2 is 2.12 bits per heavy atom. The number of rotatable bonds is 6. The molecule has 2 N–H and O–H groups in total. The zero-order valence-corrected chi connectivity index (χ0v) is 10.8. The number of hydrogen-bond acceptors (Lipinski definition) is 4. The minimum atomic E-state index is 0.652. The van der Waals surface area contributed by atoms with Crippen LogP contribution in [0.15, 0.2) is 6.07 Å². The van der Waals surface area contributed by atoms with Crippen molar-refractivity contribution < 1.29 is 0 Å². The van der Waals surface area contributed by atoms with Crippen LogP contribution >= 0.6 is 0 Å². The number of aryl methyl sites for hydroxylation is 2. The lowest BCUT2D eigenvalue weighted by molar-refractivity contribution is 0.688. The smallest absolute Gasteiger partial charge is 0.103 e. The van der Waals surface area contributed by atoms with E-state index in [1.165, 1.54) is 0 Å². The predicted octanol–water partition coefficient (Wildman–Crippen LogP) is 1.98. The van der Waals surface area contributed by atoms with Gasteiger partial charge in [-0.1, -0.05) is 6.92 Å². The maximum atomic E-state index is 9.09. The van der Waals surface area contributed by atoms with Crippen LogP contribution in [0.3, 0.4) is 0 Å². The van der Waals surface area contributed by atoms with E-state index in [0.29, 0.717) is 5.56 Å². The fraction of sp³-hybridized carbons (Fsp3) is 0.538. The van der Waals surface area contributed by atoms with E-state index in [2.05, 4.69) is 28.6 Å². The summed E-state index contributed by atoms with van der Waals surface area (Å²) >= 11 is 0. The molecule has 1 aromatic rings. The Hall–Kier alpha value is -1.60. The van der Waals surface area contributed by atoms with E-state index in [4.69, 9.17) is 5.26 Å². The van der Waals surface area contributed by atoms with Crippen molar-refractivity contribution in [3.63, 3.8) is 0 Å². The Labute approximate surface area is 103 Å². The second kappa shape index (κ2) is 6.87. The first-order chi connectivity index (χ1) is 8.19. The van der Waals surface area contributed by atoms with E-state index < -0.39 is 0 Å². The summed E-state index contributed by atoms with van der Waals surface area (Å²) in [4.78, 5) is 4.29. The van der Waals surface area contributed by atoms with Gasteiger partial charge in [-0.25, -0.2) is 0 Å². The summed E-state index contributed by atoms with van der Waals surface area (Å²) < 4.78 is 0. The first-order valence-corrected chi connectivity index (χ1v) is 6.02. The Kier molecular flexibility index (Phi) is 5.44. The summed E-state index contributed by atoms with van der Waals surface area (Å²) in [5, 5.41) is 15.7. The fourth-order valence-electron chi connectivity index (χ4n) is 1.72. The number of pyridine rings is 1. The maximum Gasteiger partial charge on any atom is 0.103 e. The average molecular weight is 232 g/mol. The monoisotopic (exact) mass is 232 g/mol. The van der Waals surface area contributed by atoms with E-state index in [0.717, 1.165) is 43.1 Å². The summed E-state index contributed by atoms with van der Waals surface area (Å²) in [6, 6.07) is 4.13. The Bertz CT molecular complexity index is 407. The molecule has 1 heterocycles. The van der Waals surface area contributed by atoms with E-state index in [1.807, 2.05) is 19.9 Å². The van der Waals surface area contributed by atoms with Crippen LogP contribution in [0.4, 0.5) is 5.69 Å². The van der Waals surface area contributed by atoms with Gasteiger partial charge in [0.1, 0.15) is 6.07 Å². The molecule has 0 aliphatic carbocycles. The number of nitrogens with zero attached hydrogens (tertiary/aromatic N) is 2. The van der Waals surface area contributed by atoms with Crippen LogP contribution in [0, 0.1) is 25.2 Å². The molecule has 0 radical (unpaired) electrons. The van der Waals surface area contributed by atoms with Crippen molar-refractivity contribution in [3.05, 3.63) is 23.0 Å². The van der Waals surface area contributed by atoms with Crippen molar-refractivity contribution in [3.8, 4) is 6.07 Å². The third kappa shape index (κ3) is 4.04. The van der Waals surface area contributed by atoms with Crippen molar-refractivity contribution in [1.82, 2.24) is 10.3 Å². The van der Waals surface area contributed by atoms with Crippen LogP contribution in [0.1, 0.15) is 30.3 Å². The van der Waals surface area contributed by atoms with Crippen molar-refractivity contribution in [1.29, 1.82) is 5.26 Å². The van der Waals surface area contributed by atoms with Crippen molar-refractivity contribution in [2.45, 2.75) is 27.2 Å². The van der Waals surface area contributed by atoms with Crippen molar-refractivity contribution >= 4 is 5.69 Å². The van der Waals surface area contributed by atoms with Crippen LogP contribution in [0.25, 0.3) is 0 Å². The summed E-state index contributed by atoms with van der Waals surface area (Å²) in [5.41, 5.74) is 3.28. The number of nitrogens with one attached hydrogen (secondary N) is 2. The molecular weight excluding hydrogens is 212 g/mol. The molecule has 4 nitrogen and oxygen atoms in total. The van der Waals surface area contributed by atoms with E-state index in [-0.39, 0.29) is 0 Å². The molecule has 0 saturated carbocycles. The number of aromatic nitrogens is 1. The highest BCUT2D eigenvalue weighted by molar-refractivity contribution is 5.59. The summed E-state index contributed by atoms with van der Waals surface area (Å²) in [5.74, 6) is 0. The first-order valence-electron chi connectivity index (χ1n) is 6.02. The lowest BCUT2D eigenvalue weighted by Gasteiger charge is -2.10. The van der Waals surface area contributed by atoms with E-state index in [9.17, 15) is 0 Å². The van der Waals surface area contributed by atoms with Gasteiger partial charge < -0.3 is 10.6 Å². The summed E-state index contributed by atoms with van der Waals surface area (Å²) in [7, 11) is 0. The molecule has 0 spiro atoms. The summed E-state index contributed by atoms with van der Waals surface area (Å²) in [6.07, 6.45) is 1.04. The highest BCUT2D eigenvalue weighted by Crippen LogP contribution is 2.18. The van der Waals surface area contributed by atoms with Gasteiger partial charge in [0.05, 0.1) is 16.9 Å². The second-order valence-electron chi connectivity index (χ2n) is 4.02. The van der Waals surface area contributed by atoms with Crippen LogP contribution < -0.4 is 10.6 Å². The quantitative estimate of drug-likeness (QED) is 0.736. The Morgan fingerprint density at radius 1 is 1.35 bits per heavy atom. The Balaban J connectivity index is 2.61. The zero-order chi connectivity index (χ0) is 12.7. The third-order valence-corrected chi connectivity index (χ3v) is 2.54. The molecule has 0 atom stereocenters. The molecule has 0 aliphatic heterocycles. The Morgan fingerprint density at radius 3 is 2.76 bits per heavy atom. The van der Waals surface area contributed by atoms with Gasteiger partial charge in [0, 0.05) is 12.2 Å². The van der Waals surface area contributed by atoms with Gasteiger partial charge in [-0.2, -0.15) is 5.26 Å². The molecule has 0 bridgehead atoms. The number of anilines is 1. The molecule has 1 rings (SSSR count). The van der Waals surface area contributed by atoms with Gasteiger partial charge in [0.2, 0.25) is 0 Å². The second-order valence-corrected chi connectivity index (χ2v) is 4.02. The third-order valence-electron chi connectivity index (χ3n) is 2.54. The van der Waals surface area contributed by atoms with Crippen LogP contribution in [0.2, 0.25) is 0 Å². The first kappa shape index (κ1) is 13.5. The normalized spacial score (nSPS) is 10.0. The van der Waals surface area contributed by atoms with E-state index >= 15 is 0 Å². The minimum Gasteiger partial charge on any atom is -0.384 e. The molecule has 0 saturated heterocycles. The van der Waals surface area contributed by atoms with E-state index in [1.54, 1.807) is 0 Å². The van der Waals surface area contributed by atoms with Crippen molar-refractivity contribution in [2.75, 3.05) is 25.0 Å². The van der Waals surface area contributed by atoms with Crippen LogP contribution in [0.5, 0.6) is 0 Å². The van der Waals surface area contributed by atoms with Crippen LogP contribution in [-0.2, 0) is 0 Å². The van der Waals surface area contributed by atoms with Gasteiger partial charge in [-0.05, 0) is 39.4 Å². The molecule has 0 aromatic carbocycles. The predicted molar refractivity (Wildman–Crippen MR) is 70.1 cm³/mol. The van der Waals surface area contributed by atoms with Crippen molar-refractivity contribution in [2.24, 2.45) is 0 Å². The van der Waals surface area contributed by atoms with Gasteiger partial charge in [-0.3, -0.25) is 4.98 Å². The van der Waals surface area contributed by atoms with Gasteiger partial charge in [-0.15, -0.1) is 0 Å². The average Bonchev–Trinajstić information content (AvgIpc) is 2.28. The topological polar surface area (TPSA) is 60.7 Å². The van der Waals surface area contributed by atoms with Gasteiger partial charge in [0.25, 0.3) is 0 Å². The minimum absolute atomic E-state index is 0.652. The molecule has 92 valence electrons. The molecular formula is C13H20N4. The fourth-order valence-corrected chi connectivity index (χ4v) is 1.72. The lowest BCUT2D eigenvalue weighted by atomic mass is 10.1. The highest BCUT2D eigenvalue weighted by atomic mass is 14.9. The number of hydrogen-bond donors (Lipinski definition) is 2. The molecule has 0 fully saturated rings. The number of nitriles is 1. The lowest BCUT2D eigenvalue weighted by Crippen LogP contribution is -2.17. The molecule has 4 heteroatoms. The maximum absolute atomic E-state index is 9.09. The summed E-state index contributed by atoms with van der Waals surface area (Å²) in [6.45, 7) is 8.76. The molecule has 0 amide bonds. The molecule has 0 unspecified atom stereocenters. The van der Waals surface area contributed by atoms with Crippen LogP contribution in [-0.4, -0.2) is 24.6 Å². The SMILES string of the molecule is CCNCCCNc1cc(C)nc(C)c1C#N. The molecule has 1 aromatic heterocycles. The molecule has 0 aliphatic rings.